The topological polar surface area (TPSA) is 124 Å². The Bertz CT molecular complexity index is 1380. The number of hydrogen-bond acceptors (Lipinski definition) is 8. The molecule has 0 unspecified atom stereocenters. The summed E-state index contributed by atoms with van der Waals surface area (Å²) >= 11 is 1.26. The Kier molecular flexibility index (Phi) is 6.31. The molecule has 4 rings (SSSR count). The van der Waals surface area contributed by atoms with Gasteiger partial charge in [0.1, 0.15) is 10.8 Å². The van der Waals surface area contributed by atoms with Crippen LogP contribution in [0.2, 0.25) is 0 Å². The fourth-order valence-corrected chi connectivity index (χ4v) is 3.94. The van der Waals surface area contributed by atoms with Crippen LogP contribution in [-0.4, -0.2) is 40.8 Å². The van der Waals surface area contributed by atoms with Crippen LogP contribution in [-0.2, 0) is 11.3 Å². The highest BCUT2D eigenvalue weighted by molar-refractivity contribution is 7.19. The molecule has 2 aromatic heterocycles. The second-order valence-electron chi connectivity index (χ2n) is 6.76. The zero-order valence-corrected chi connectivity index (χ0v) is 18.5. The number of carbonyl (C=O) groups excluding carboxylic acids is 2. The Morgan fingerprint density at radius 1 is 1.09 bits per heavy atom. The van der Waals surface area contributed by atoms with Gasteiger partial charge in [0.25, 0.3) is 5.56 Å². The molecule has 0 saturated carbocycles. The van der Waals surface area contributed by atoms with Crippen LogP contribution in [0.3, 0.4) is 0 Å². The maximum atomic E-state index is 12.5. The molecule has 0 atom stereocenters. The van der Waals surface area contributed by atoms with E-state index in [1.54, 1.807) is 31.4 Å². The minimum Gasteiger partial charge on any atom is -0.497 e. The van der Waals surface area contributed by atoms with Crippen molar-refractivity contribution in [3.8, 4) is 16.3 Å². The molecule has 168 valence electrons. The third-order valence-electron chi connectivity index (χ3n) is 4.65. The summed E-state index contributed by atoms with van der Waals surface area (Å²) in [5.41, 5.74) is 1.38. The molecule has 4 aromatic rings. The number of anilines is 1. The second-order valence-corrected chi connectivity index (χ2v) is 7.72. The third kappa shape index (κ3) is 4.83. The van der Waals surface area contributed by atoms with Gasteiger partial charge in [-0.3, -0.25) is 4.79 Å². The highest BCUT2D eigenvalue weighted by atomic mass is 32.1. The van der Waals surface area contributed by atoms with Crippen molar-refractivity contribution in [1.82, 2.24) is 19.9 Å². The van der Waals surface area contributed by atoms with E-state index < -0.39 is 12.0 Å². The molecule has 2 heterocycles. The van der Waals surface area contributed by atoms with Crippen LogP contribution in [0.1, 0.15) is 16.1 Å². The highest BCUT2D eigenvalue weighted by Gasteiger charge is 2.14. The summed E-state index contributed by atoms with van der Waals surface area (Å²) in [5, 5.41) is 10.2. The predicted octanol–water partition coefficient (Wildman–Crippen LogP) is 2.93. The molecular formula is C22H19N5O5S. The number of nitrogens with zero attached hydrogens (tertiary/aromatic N) is 3. The average molecular weight is 465 g/mol. The van der Waals surface area contributed by atoms with Gasteiger partial charge in [0.2, 0.25) is 4.96 Å². The van der Waals surface area contributed by atoms with Crippen molar-refractivity contribution >= 4 is 34.0 Å². The number of amides is 2. The Morgan fingerprint density at radius 3 is 2.58 bits per heavy atom. The lowest BCUT2D eigenvalue weighted by Crippen LogP contribution is -2.30. The SMILES string of the molecule is COC(=O)c1ccccc1NC(=O)NCc1cc(=O)n2nc(-c3ccc(OC)cc3)sc2n1. The van der Waals surface area contributed by atoms with Crippen molar-refractivity contribution in [1.29, 1.82) is 0 Å². The van der Waals surface area contributed by atoms with Crippen molar-refractivity contribution in [2.45, 2.75) is 6.54 Å². The molecule has 0 aliphatic rings. The number of aromatic nitrogens is 3. The van der Waals surface area contributed by atoms with Crippen molar-refractivity contribution < 1.29 is 19.1 Å². The first-order valence-corrected chi connectivity index (χ1v) is 10.6. The third-order valence-corrected chi connectivity index (χ3v) is 5.60. The molecule has 2 aromatic carbocycles. The van der Waals surface area contributed by atoms with Gasteiger partial charge in [-0.1, -0.05) is 23.5 Å². The van der Waals surface area contributed by atoms with Gasteiger partial charge in [-0.15, -0.1) is 0 Å². The first-order chi connectivity index (χ1) is 16.0. The molecule has 2 amide bonds. The normalized spacial score (nSPS) is 10.6. The number of rotatable bonds is 6. The Labute approximate surface area is 191 Å². The van der Waals surface area contributed by atoms with Crippen molar-refractivity contribution in [3.63, 3.8) is 0 Å². The summed E-state index contributed by atoms with van der Waals surface area (Å²) in [5.74, 6) is 0.153. The quantitative estimate of drug-likeness (QED) is 0.420. The first-order valence-electron chi connectivity index (χ1n) is 9.75. The molecule has 10 nitrogen and oxygen atoms in total. The van der Waals surface area contributed by atoms with Crippen molar-refractivity contribution in [3.05, 3.63) is 76.2 Å². The number of hydrogen-bond donors (Lipinski definition) is 2. The van der Waals surface area contributed by atoms with Gasteiger partial charge in [0, 0.05) is 11.6 Å². The number of fused-ring (bicyclic) bond motifs is 1. The van der Waals surface area contributed by atoms with Crippen LogP contribution in [0, 0.1) is 0 Å². The zero-order valence-electron chi connectivity index (χ0n) is 17.7. The number of methoxy groups -OCH3 is 2. The van der Waals surface area contributed by atoms with Crippen LogP contribution in [0.15, 0.2) is 59.4 Å². The van der Waals surface area contributed by atoms with Gasteiger partial charge >= 0.3 is 12.0 Å². The van der Waals surface area contributed by atoms with E-state index in [4.69, 9.17) is 9.47 Å². The Morgan fingerprint density at radius 2 is 1.85 bits per heavy atom. The molecule has 0 aliphatic carbocycles. The Hall–Kier alpha value is -4.25. The molecule has 0 saturated heterocycles. The van der Waals surface area contributed by atoms with Gasteiger partial charge in [-0.05, 0) is 36.4 Å². The largest absolute Gasteiger partial charge is 0.497 e. The number of esters is 1. The van der Waals surface area contributed by atoms with Crippen molar-refractivity contribution in [2.24, 2.45) is 0 Å². The van der Waals surface area contributed by atoms with Gasteiger partial charge in [0.15, 0.2) is 0 Å². The summed E-state index contributed by atoms with van der Waals surface area (Å²) < 4.78 is 11.1. The van der Waals surface area contributed by atoms with Gasteiger partial charge in [-0.2, -0.15) is 9.61 Å². The molecule has 2 N–H and O–H groups in total. The first kappa shape index (κ1) is 22.0. The lowest BCUT2D eigenvalue weighted by molar-refractivity contribution is 0.0602. The maximum absolute atomic E-state index is 12.5. The monoisotopic (exact) mass is 465 g/mol. The van der Waals surface area contributed by atoms with E-state index in [1.807, 2.05) is 24.3 Å². The number of para-hydroxylation sites is 1. The molecule has 0 aliphatic heterocycles. The molecule has 33 heavy (non-hydrogen) atoms. The standard InChI is InChI=1S/C22H19N5O5S/c1-31-15-9-7-13(8-10-15)19-26-27-18(28)11-14(24-22(27)33-19)12-23-21(30)25-17-6-4-3-5-16(17)20(29)32-2/h3-11H,12H2,1-2H3,(H2,23,25,30). The summed E-state index contributed by atoms with van der Waals surface area (Å²) in [6.07, 6.45) is 0. The van der Waals surface area contributed by atoms with Crippen LogP contribution in [0.4, 0.5) is 10.5 Å². The van der Waals surface area contributed by atoms with E-state index in [1.165, 1.54) is 29.0 Å². The fourth-order valence-electron chi connectivity index (χ4n) is 3.01. The molecular weight excluding hydrogens is 446 g/mol. The number of benzene rings is 2. The second kappa shape index (κ2) is 9.49. The van der Waals surface area contributed by atoms with Crippen LogP contribution < -0.4 is 20.9 Å². The lowest BCUT2D eigenvalue weighted by atomic mass is 10.2. The molecule has 0 bridgehead atoms. The van der Waals surface area contributed by atoms with E-state index in [9.17, 15) is 14.4 Å². The zero-order chi connectivity index (χ0) is 23.4. The minimum absolute atomic E-state index is 0.00767. The molecule has 0 radical (unpaired) electrons. The van der Waals surface area contributed by atoms with E-state index in [0.29, 0.717) is 21.3 Å². The van der Waals surface area contributed by atoms with Crippen LogP contribution in [0.5, 0.6) is 5.75 Å². The summed E-state index contributed by atoms with van der Waals surface area (Å²) in [6.45, 7) is 0.00767. The number of urea groups is 1. The van der Waals surface area contributed by atoms with E-state index in [2.05, 4.69) is 20.7 Å². The fraction of sp³-hybridized carbons (Fsp3) is 0.136. The summed E-state index contributed by atoms with van der Waals surface area (Å²) in [7, 11) is 2.85. The number of carbonyl (C=O) groups is 2. The van der Waals surface area contributed by atoms with E-state index >= 15 is 0 Å². The summed E-state index contributed by atoms with van der Waals surface area (Å²) in [6, 6.07) is 14.5. The molecule has 11 heteroatoms. The predicted molar refractivity (Wildman–Crippen MR) is 123 cm³/mol. The number of ether oxygens (including phenoxy) is 2. The highest BCUT2D eigenvalue weighted by Crippen LogP contribution is 2.26. The Balaban J connectivity index is 1.48. The van der Waals surface area contributed by atoms with Crippen molar-refractivity contribution in [2.75, 3.05) is 19.5 Å². The number of nitrogens with one attached hydrogen (secondary N) is 2. The van der Waals surface area contributed by atoms with E-state index in [0.717, 1.165) is 11.3 Å². The lowest BCUT2D eigenvalue weighted by Gasteiger charge is -2.10. The van der Waals surface area contributed by atoms with Gasteiger partial charge in [-0.25, -0.2) is 14.6 Å². The molecule has 0 fully saturated rings. The minimum atomic E-state index is -0.566. The smallest absolute Gasteiger partial charge is 0.339 e. The average Bonchev–Trinajstić information content (AvgIpc) is 3.27. The van der Waals surface area contributed by atoms with Gasteiger partial charge < -0.3 is 20.1 Å². The van der Waals surface area contributed by atoms with E-state index in [-0.39, 0.29) is 17.7 Å². The maximum Gasteiger partial charge on any atom is 0.339 e. The van der Waals surface area contributed by atoms with Gasteiger partial charge in [0.05, 0.1) is 37.7 Å². The molecule has 0 spiro atoms. The van der Waals surface area contributed by atoms with Crippen LogP contribution in [0.25, 0.3) is 15.5 Å². The summed E-state index contributed by atoms with van der Waals surface area (Å²) in [4.78, 5) is 41.5. The van der Waals surface area contributed by atoms with Crippen LogP contribution >= 0.6 is 11.3 Å².